The number of halogens is 1. The van der Waals surface area contributed by atoms with Crippen LogP contribution in [0, 0.1) is 0 Å². The molecule has 22 heavy (non-hydrogen) atoms. The van der Waals surface area contributed by atoms with Crippen LogP contribution in [0.4, 0.5) is 5.69 Å². The summed E-state index contributed by atoms with van der Waals surface area (Å²) in [6, 6.07) is 11.5. The van der Waals surface area contributed by atoms with Crippen LogP contribution in [0.3, 0.4) is 0 Å². The van der Waals surface area contributed by atoms with E-state index in [1.54, 1.807) is 18.3 Å². The number of pyridine rings is 1. The fourth-order valence-corrected chi connectivity index (χ4v) is 2.61. The molecule has 0 atom stereocenters. The van der Waals surface area contributed by atoms with Gasteiger partial charge in [0.1, 0.15) is 0 Å². The number of amides is 1. The Morgan fingerprint density at radius 3 is 2.68 bits per heavy atom. The van der Waals surface area contributed by atoms with Gasteiger partial charge in [-0.05, 0) is 24.3 Å². The minimum Gasteiger partial charge on any atom is -0.369 e. The topological polar surface area (TPSA) is 71.2 Å². The summed E-state index contributed by atoms with van der Waals surface area (Å²) >= 11 is 0. The monoisotopic (exact) mass is 318 g/mol. The molecule has 5 nitrogen and oxygen atoms in total. The minimum atomic E-state index is -0.453. The Morgan fingerprint density at radius 1 is 1.18 bits per heavy atom. The van der Waals surface area contributed by atoms with Crippen LogP contribution in [0.15, 0.2) is 42.6 Å². The largest absolute Gasteiger partial charge is 0.369 e. The zero-order valence-electron chi connectivity index (χ0n) is 12.2. The molecule has 1 aromatic carbocycles. The summed E-state index contributed by atoms with van der Waals surface area (Å²) in [5, 5.41) is 3.34. The average molecular weight is 319 g/mol. The molecule has 3 N–H and O–H groups in total. The molecule has 1 aliphatic rings. The van der Waals surface area contributed by atoms with E-state index in [1.807, 2.05) is 12.1 Å². The lowest BCUT2D eigenvalue weighted by Crippen LogP contribution is -2.43. The number of hydrogen-bond acceptors (Lipinski definition) is 4. The fraction of sp³-hybridized carbons (Fsp3) is 0.250. The third-order valence-electron chi connectivity index (χ3n) is 3.67. The van der Waals surface area contributed by atoms with Gasteiger partial charge in [0.2, 0.25) is 0 Å². The highest BCUT2D eigenvalue weighted by Crippen LogP contribution is 2.25. The Kier molecular flexibility index (Phi) is 5.35. The van der Waals surface area contributed by atoms with Gasteiger partial charge in [0.05, 0.1) is 11.3 Å². The van der Waals surface area contributed by atoms with Gasteiger partial charge in [-0.15, -0.1) is 12.4 Å². The molecule has 116 valence electrons. The van der Waals surface area contributed by atoms with E-state index in [-0.39, 0.29) is 12.4 Å². The van der Waals surface area contributed by atoms with Gasteiger partial charge < -0.3 is 16.0 Å². The van der Waals surface area contributed by atoms with E-state index in [1.165, 1.54) is 0 Å². The van der Waals surface area contributed by atoms with Crippen molar-refractivity contribution in [3.63, 3.8) is 0 Å². The minimum absolute atomic E-state index is 0. The number of anilines is 1. The third kappa shape index (κ3) is 3.37. The van der Waals surface area contributed by atoms with Crippen molar-refractivity contribution in [2.75, 3.05) is 31.1 Å². The average Bonchev–Trinajstić information content (AvgIpc) is 2.56. The summed E-state index contributed by atoms with van der Waals surface area (Å²) in [5.41, 5.74) is 8.59. The summed E-state index contributed by atoms with van der Waals surface area (Å²) in [6.45, 7) is 3.93. The van der Waals surface area contributed by atoms with Crippen LogP contribution in [-0.4, -0.2) is 37.1 Å². The number of primary amides is 1. The number of benzene rings is 1. The second-order valence-electron chi connectivity index (χ2n) is 5.05. The second-order valence-corrected chi connectivity index (χ2v) is 5.05. The zero-order chi connectivity index (χ0) is 14.7. The summed E-state index contributed by atoms with van der Waals surface area (Å²) in [5.74, 6) is -0.453. The standard InChI is InChI=1S/C16H18N4O.ClH/c17-16(21)14-5-2-6-19-15(14)12-3-1-4-13(11-12)20-9-7-18-8-10-20;/h1-6,11,18H,7-10H2,(H2,17,21);1H. The highest BCUT2D eigenvalue weighted by atomic mass is 35.5. The van der Waals surface area contributed by atoms with E-state index in [9.17, 15) is 4.79 Å². The lowest BCUT2D eigenvalue weighted by Gasteiger charge is -2.29. The Morgan fingerprint density at radius 2 is 1.95 bits per heavy atom. The second kappa shape index (κ2) is 7.24. The first-order valence-corrected chi connectivity index (χ1v) is 7.06. The van der Waals surface area contributed by atoms with Crippen molar-refractivity contribution in [1.29, 1.82) is 0 Å². The van der Waals surface area contributed by atoms with Crippen LogP contribution in [0.25, 0.3) is 11.3 Å². The maximum atomic E-state index is 11.5. The Labute approximate surface area is 135 Å². The molecular weight excluding hydrogens is 300 g/mol. The van der Waals surface area contributed by atoms with Crippen molar-refractivity contribution in [1.82, 2.24) is 10.3 Å². The quantitative estimate of drug-likeness (QED) is 0.903. The van der Waals surface area contributed by atoms with Crippen LogP contribution >= 0.6 is 12.4 Å². The number of aromatic nitrogens is 1. The number of hydrogen-bond donors (Lipinski definition) is 2. The predicted molar refractivity (Wildman–Crippen MR) is 90.5 cm³/mol. The maximum absolute atomic E-state index is 11.5. The first-order chi connectivity index (χ1) is 10.3. The van der Waals surface area contributed by atoms with Crippen LogP contribution < -0.4 is 16.0 Å². The van der Waals surface area contributed by atoms with Crippen molar-refractivity contribution in [3.05, 3.63) is 48.2 Å². The summed E-state index contributed by atoms with van der Waals surface area (Å²) in [7, 11) is 0. The van der Waals surface area contributed by atoms with Crippen molar-refractivity contribution in [2.24, 2.45) is 5.73 Å². The van der Waals surface area contributed by atoms with E-state index in [0.29, 0.717) is 11.3 Å². The molecule has 3 rings (SSSR count). The van der Waals surface area contributed by atoms with Crippen molar-refractivity contribution < 1.29 is 4.79 Å². The molecule has 1 saturated heterocycles. The van der Waals surface area contributed by atoms with E-state index in [2.05, 4.69) is 27.3 Å². The smallest absolute Gasteiger partial charge is 0.250 e. The summed E-state index contributed by atoms with van der Waals surface area (Å²) in [6.07, 6.45) is 1.68. The van der Waals surface area contributed by atoms with E-state index < -0.39 is 5.91 Å². The van der Waals surface area contributed by atoms with Gasteiger partial charge in [0.15, 0.2) is 0 Å². The summed E-state index contributed by atoms with van der Waals surface area (Å²) in [4.78, 5) is 18.2. The number of nitrogens with zero attached hydrogens (tertiary/aromatic N) is 2. The van der Waals surface area contributed by atoms with E-state index in [4.69, 9.17) is 5.73 Å². The van der Waals surface area contributed by atoms with Crippen molar-refractivity contribution >= 4 is 24.0 Å². The molecule has 1 amide bonds. The van der Waals surface area contributed by atoms with Gasteiger partial charge in [0, 0.05) is 43.6 Å². The molecule has 0 radical (unpaired) electrons. The van der Waals surface area contributed by atoms with Crippen molar-refractivity contribution in [3.8, 4) is 11.3 Å². The van der Waals surface area contributed by atoms with Gasteiger partial charge in [-0.3, -0.25) is 9.78 Å². The van der Waals surface area contributed by atoms with Gasteiger partial charge >= 0.3 is 0 Å². The highest BCUT2D eigenvalue weighted by Gasteiger charge is 2.14. The lowest BCUT2D eigenvalue weighted by atomic mass is 10.0. The molecular formula is C16H19ClN4O. The van der Waals surface area contributed by atoms with Crippen LogP contribution in [-0.2, 0) is 0 Å². The van der Waals surface area contributed by atoms with Gasteiger partial charge in [0.25, 0.3) is 5.91 Å². The number of rotatable bonds is 3. The van der Waals surface area contributed by atoms with Crippen LogP contribution in [0.1, 0.15) is 10.4 Å². The number of nitrogens with two attached hydrogens (primary N) is 1. The molecule has 2 aromatic rings. The first-order valence-electron chi connectivity index (χ1n) is 7.06. The Balaban J connectivity index is 0.00000176. The maximum Gasteiger partial charge on any atom is 0.250 e. The molecule has 6 heteroatoms. The molecule has 0 spiro atoms. The number of piperazine rings is 1. The molecule has 0 aliphatic carbocycles. The molecule has 0 bridgehead atoms. The molecule has 0 saturated carbocycles. The van der Waals surface area contributed by atoms with Gasteiger partial charge in [-0.1, -0.05) is 12.1 Å². The molecule has 1 aromatic heterocycles. The van der Waals surface area contributed by atoms with Crippen LogP contribution in [0.5, 0.6) is 0 Å². The highest BCUT2D eigenvalue weighted by molar-refractivity contribution is 5.98. The number of carbonyl (C=O) groups is 1. The SMILES string of the molecule is Cl.NC(=O)c1cccnc1-c1cccc(N2CCNCC2)c1. The lowest BCUT2D eigenvalue weighted by molar-refractivity contribution is 0.100. The van der Waals surface area contributed by atoms with Gasteiger partial charge in [-0.2, -0.15) is 0 Å². The van der Waals surface area contributed by atoms with Crippen LogP contribution in [0.2, 0.25) is 0 Å². The van der Waals surface area contributed by atoms with E-state index in [0.717, 1.165) is 37.4 Å². The summed E-state index contributed by atoms with van der Waals surface area (Å²) < 4.78 is 0. The molecule has 0 unspecified atom stereocenters. The third-order valence-corrected chi connectivity index (χ3v) is 3.67. The Hall–Kier alpha value is -2.11. The van der Waals surface area contributed by atoms with E-state index >= 15 is 0 Å². The molecule has 2 heterocycles. The first kappa shape index (κ1) is 16.3. The van der Waals surface area contributed by atoms with Crippen molar-refractivity contribution in [2.45, 2.75) is 0 Å². The molecule has 1 aliphatic heterocycles. The number of nitrogens with one attached hydrogen (secondary N) is 1. The predicted octanol–water partition coefficient (Wildman–Crippen LogP) is 1.68. The zero-order valence-corrected chi connectivity index (χ0v) is 13.0. The fourth-order valence-electron chi connectivity index (χ4n) is 2.61. The Bertz CT molecular complexity index is 656. The number of carbonyl (C=O) groups excluding carboxylic acids is 1. The normalized spacial score (nSPS) is 14.3. The van der Waals surface area contributed by atoms with Gasteiger partial charge in [-0.25, -0.2) is 0 Å². The molecule has 1 fully saturated rings.